The lowest BCUT2D eigenvalue weighted by molar-refractivity contribution is -0.126. The highest BCUT2D eigenvalue weighted by molar-refractivity contribution is 5.80. The number of carbonyl (C=O) groups is 2. The minimum atomic E-state index is 0.237. The van der Waals surface area contributed by atoms with E-state index in [4.69, 9.17) is 9.47 Å². The molecule has 0 heterocycles. The van der Waals surface area contributed by atoms with Gasteiger partial charge in [0.15, 0.2) is 0 Å². The topological polar surface area (TPSA) is 52.6 Å². The van der Waals surface area contributed by atoms with E-state index in [1.807, 2.05) is 24.3 Å². The van der Waals surface area contributed by atoms with E-state index < -0.39 is 0 Å². The van der Waals surface area contributed by atoms with Crippen molar-refractivity contribution in [3.05, 3.63) is 24.3 Å². The number of benzene rings is 1. The minimum Gasteiger partial charge on any atom is -0.497 e. The normalized spacial score (nSPS) is 20.4. The monoisotopic (exact) mass is 306 g/mol. The van der Waals surface area contributed by atoms with Crippen molar-refractivity contribution in [3.8, 4) is 11.5 Å². The number of ether oxygens (including phenoxy) is 2. The summed E-state index contributed by atoms with van der Waals surface area (Å²) in [6.07, 6.45) is 3.66. The van der Waals surface area contributed by atoms with Gasteiger partial charge in [0, 0.05) is 11.8 Å². The van der Waals surface area contributed by atoms with Gasteiger partial charge < -0.3 is 9.47 Å². The third-order valence-electron chi connectivity index (χ3n) is 4.17. The van der Waals surface area contributed by atoms with Crippen molar-refractivity contribution in [2.75, 3.05) is 14.2 Å². The Labute approximate surface area is 132 Å². The number of methoxy groups -OCH3 is 2. The van der Waals surface area contributed by atoms with Crippen molar-refractivity contribution in [2.45, 2.75) is 39.5 Å². The Morgan fingerprint density at radius 2 is 1.05 bits per heavy atom. The number of hydrogen-bond acceptors (Lipinski definition) is 4. The highest BCUT2D eigenvalue weighted by Crippen LogP contribution is 2.29. The number of carbonyl (C=O) groups excluding carboxylic acids is 2. The molecule has 0 atom stereocenters. The van der Waals surface area contributed by atoms with Crippen LogP contribution >= 0.6 is 0 Å². The fourth-order valence-corrected chi connectivity index (χ4v) is 2.62. The smallest absolute Gasteiger partial charge is 0.132 e. The third-order valence-corrected chi connectivity index (χ3v) is 4.17. The molecule has 1 aromatic carbocycles. The van der Waals surface area contributed by atoms with Crippen molar-refractivity contribution in [1.29, 1.82) is 0 Å². The first-order valence-electron chi connectivity index (χ1n) is 7.66. The Kier molecular flexibility index (Phi) is 7.64. The van der Waals surface area contributed by atoms with E-state index in [1.165, 1.54) is 0 Å². The molecule has 4 nitrogen and oxygen atoms in total. The highest BCUT2D eigenvalue weighted by Gasteiger charge is 2.25. The van der Waals surface area contributed by atoms with E-state index in [2.05, 4.69) is 0 Å². The lowest BCUT2D eigenvalue weighted by Crippen LogP contribution is -2.23. The molecule has 1 fully saturated rings. The van der Waals surface area contributed by atoms with E-state index in [-0.39, 0.29) is 23.4 Å². The Hall–Kier alpha value is -1.84. The third kappa shape index (κ3) is 5.88. The van der Waals surface area contributed by atoms with Crippen LogP contribution in [-0.4, -0.2) is 25.8 Å². The van der Waals surface area contributed by atoms with Crippen LogP contribution in [0.5, 0.6) is 11.5 Å². The Morgan fingerprint density at radius 1 is 0.773 bits per heavy atom. The molecule has 0 bridgehead atoms. The predicted octanol–water partition coefficient (Wildman–Crippen LogP) is 3.67. The summed E-state index contributed by atoms with van der Waals surface area (Å²) in [5.74, 6) is 2.75. The van der Waals surface area contributed by atoms with Gasteiger partial charge in [0.25, 0.3) is 0 Å². The van der Waals surface area contributed by atoms with Gasteiger partial charge in [-0.05, 0) is 63.8 Å². The predicted molar refractivity (Wildman–Crippen MR) is 86.4 cm³/mol. The van der Waals surface area contributed by atoms with Crippen LogP contribution in [0.1, 0.15) is 39.5 Å². The van der Waals surface area contributed by atoms with E-state index in [1.54, 1.807) is 28.1 Å². The quantitative estimate of drug-likeness (QED) is 0.851. The second-order valence-electron chi connectivity index (χ2n) is 5.65. The molecular formula is C18H26O4. The van der Waals surface area contributed by atoms with Crippen molar-refractivity contribution >= 4 is 11.6 Å². The zero-order valence-corrected chi connectivity index (χ0v) is 13.9. The molecule has 22 heavy (non-hydrogen) atoms. The Bertz CT molecular complexity index is 425. The fraction of sp³-hybridized carbons (Fsp3) is 0.556. The lowest BCUT2D eigenvalue weighted by Gasteiger charge is -2.24. The van der Waals surface area contributed by atoms with Crippen LogP contribution < -0.4 is 9.47 Å². The zero-order chi connectivity index (χ0) is 16.5. The van der Waals surface area contributed by atoms with Gasteiger partial charge in [-0.1, -0.05) is 0 Å². The van der Waals surface area contributed by atoms with Crippen LogP contribution in [0, 0.1) is 11.8 Å². The summed E-state index contributed by atoms with van der Waals surface area (Å²) in [5, 5.41) is 0. The number of ketones is 2. The molecule has 122 valence electrons. The first kappa shape index (κ1) is 18.2. The van der Waals surface area contributed by atoms with Crippen LogP contribution in [0.15, 0.2) is 24.3 Å². The standard InChI is InChI=1S/C10H16O2.C8H10O2/c1-7(11)9-3-5-10(6-4-9)8(2)12;1-9-7-3-5-8(10-2)6-4-7/h9-10H,3-6H2,1-2H3;3-6H,1-2H3. The molecule has 0 unspecified atom stereocenters. The van der Waals surface area contributed by atoms with Gasteiger partial charge in [-0.15, -0.1) is 0 Å². The molecule has 2 rings (SSSR count). The van der Waals surface area contributed by atoms with Crippen LogP contribution in [0.4, 0.5) is 0 Å². The highest BCUT2D eigenvalue weighted by atomic mass is 16.5. The van der Waals surface area contributed by atoms with Gasteiger partial charge in [-0.2, -0.15) is 0 Å². The van der Waals surface area contributed by atoms with E-state index in [9.17, 15) is 9.59 Å². The first-order chi connectivity index (χ1) is 10.5. The summed E-state index contributed by atoms with van der Waals surface area (Å²) < 4.78 is 9.92. The molecule has 0 N–H and O–H groups in total. The molecule has 0 radical (unpaired) electrons. The van der Waals surface area contributed by atoms with Crippen LogP contribution in [0.2, 0.25) is 0 Å². The fourth-order valence-electron chi connectivity index (χ4n) is 2.62. The second kappa shape index (κ2) is 9.23. The summed E-state index contributed by atoms with van der Waals surface area (Å²) >= 11 is 0. The second-order valence-corrected chi connectivity index (χ2v) is 5.65. The largest absolute Gasteiger partial charge is 0.497 e. The average Bonchev–Trinajstić information content (AvgIpc) is 2.55. The molecular weight excluding hydrogens is 280 g/mol. The zero-order valence-electron chi connectivity index (χ0n) is 13.9. The van der Waals surface area contributed by atoms with E-state index in [0.29, 0.717) is 0 Å². The molecule has 0 aromatic heterocycles. The average molecular weight is 306 g/mol. The van der Waals surface area contributed by atoms with E-state index >= 15 is 0 Å². The van der Waals surface area contributed by atoms with E-state index in [0.717, 1.165) is 37.2 Å². The number of Topliss-reactive ketones (excluding diaryl/α,β-unsaturated/α-hetero) is 2. The summed E-state index contributed by atoms with van der Waals surface area (Å²) in [5.41, 5.74) is 0. The summed E-state index contributed by atoms with van der Waals surface area (Å²) in [6.45, 7) is 3.30. The molecule has 1 aromatic rings. The Morgan fingerprint density at radius 3 is 1.23 bits per heavy atom. The first-order valence-corrected chi connectivity index (χ1v) is 7.66. The maximum atomic E-state index is 11.0. The van der Waals surface area contributed by atoms with Gasteiger partial charge in [-0.25, -0.2) is 0 Å². The number of hydrogen-bond donors (Lipinski definition) is 0. The lowest BCUT2D eigenvalue weighted by atomic mass is 9.79. The van der Waals surface area contributed by atoms with Crippen molar-refractivity contribution in [3.63, 3.8) is 0 Å². The molecule has 1 aliphatic carbocycles. The molecule has 1 aliphatic rings. The molecule has 0 spiro atoms. The van der Waals surface area contributed by atoms with Gasteiger partial charge in [-0.3, -0.25) is 9.59 Å². The maximum absolute atomic E-state index is 11.0. The van der Waals surface area contributed by atoms with Crippen molar-refractivity contribution < 1.29 is 19.1 Å². The van der Waals surface area contributed by atoms with Crippen LogP contribution in [0.25, 0.3) is 0 Å². The summed E-state index contributed by atoms with van der Waals surface area (Å²) in [7, 11) is 3.28. The van der Waals surface area contributed by atoms with Gasteiger partial charge in [0.05, 0.1) is 14.2 Å². The van der Waals surface area contributed by atoms with Crippen LogP contribution in [0.3, 0.4) is 0 Å². The van der Waals surface area contributed by atoms with Gasteiger partial charge >= 0.3 is 0 Å². The molecule has 0 saturated heterocycles. The van der Waals surface area contributed by atoms with Gasteiger partial charge in [0.1, 0.15) is 23.1 Å². The molecule has 0 aliphatic heterocycles. The molecule has 1 saturated carbocycles. The molecule has 4 heteroatoms. The van der Waals surface area contributed by atoms with Crippen molar-refractivity contribution in [2.24, 2.45) is 11.8 Å². The van der Waals surface area contributed by atoms with Crippen LogP contribution in [-0.2, 0) is 9.59 Å². The number of rotatable bonds is 4. The minimum absolute atomic E-state index is 0.237. The van der Waals surface area contributed by atoms with Crippen molar-refractivity contribution in [1.82, 2.24) is 0 Å². The SMILES string of the molecule is CC(=O)C1CCC(C(C)=O)CC1.COc1ccc(OC)cc1. The summed E-state index contributed by atoms with van der Waals surface area (Å²) in [4.78, 5) is 22.0. The maximum Gasteiger partial charge on any atom is 0.132 e. The Balaban J connectivity index is 0.000000224. The van der Waals surface area contributed by atoms with Gasteiger partial charge in [0.2, 0.25) is 0 Å². The summed E-state index contributed by atoms with van der Waals surface area (Å²) in [6, 6.07) is 7.44. The molecule has 0 amide bonds.